The predicted octanol–water partition coefficient (Wildman–Crippen LogP) is 2.99. The van der Waals surface area contributed by atoms with Crippen molar-refractivity contribution in [2.75, 3.05) is 5.32 Å². The number of aromatic nitrogens is 2. The van der Waals surface area contributed by atoms with Gasteiger partial charge in [-0.3, -0.25) is 9.48 Å². The summed E-state index contributed by atoms with van der Waals surface area (Å²) in [5.74, 6) is -0.587. The third-order valence-electron chi connectivity index (χ3n) is 2.62. The van der Waals surface area contributed by atoms with Crippen LogP contribution in [0.2, 0.25) is 10.0 Å². The van der Waals surface area contributed by atoms with Gasteiger partial charge in [0.15, 0.2) is 11.4 Å². The Balaban J connectivity index is 2.24. The van der Waals surface area contributed by atoms with Crippen LogP contribution in [0, 0.1) is 6.92 Å². The van der Waals surface area contributed by atoms with Crippen molar-refractivity contribution in [1.82, 2.24) is 9.78 Å². The number of nitrogens with zero attached hydrogens (tertiary/aromatic N) is 2. The fraction of sp³-hybridized carbons (Fsp3) is 0.167. The lowest BCUT2D eigenvalue weighted by atomic mass is 10.3. The van der Waals surface area contributed by atoms with Crippen molar-refractivity contribution in [2.45, 2.75) is 6.92 Å². The van der Waals surface area contributed by atoms with Crippen molar-refractivity contribution in [3.63, 3.8) is 0 Å². The molecule has 1 amide bonds. The number of amides is 1. The van der Waals surface area contributed by atoms with Gasteiger partial charge in [0.2, 0.25) is 0 Å². The topological polar surface area (TPSA) is 67.2 Å². The summed E-state index contributed by atoms with van der Waals surface area (Å²) >= 11 is 11.5. The average molecular weight is 300 g/mol. The van der Waals surface area contributed by atoms with Crippen LogP contribution in [-0.4, -0.2) is 20.8 Å². The number of anilines is 1. The van der Waals surface area contributed by atoms with Gasteiger partial charge < -0.3 is 10.4 Å². The number of phenols is 1. The van der Waals surface area contributed by atoms with Gasteiger partial charge in [0, 0.05) is 18.4 Å². The zero-order chi connectivity index (χ0) is 14.2. The van der Waals surface area contributed by atoms with E-state index in [2.05, 4.69) is 10.4 Å². The van der Waals surface area contributed by atoms with Crippen LogP contribution in [-0.2, 0) is 7.05 Å². The Bertz CT molecular complexity index is 610. The highest BCUT2D eigenvalue weighted by Gasteiger charge is 2.13. The highest BCUT2D eigenvalue weighted by molar-refractivity contribution is 6.37. The van der Waals surface area contributed by atoms with Crippen LogP contribution in [0.3, 0.4) is 0 Å². The molecule has 0 fully saturated rings. The number of aromatic hydroxyl groups is 1. The summed E-state index contributed by atoms with van der Waals surface area (Å²) < 4.78 is 1.60. The van der Waals surface area contributed by atoms with E-state index in [9.17, 15) is 9.90 Å². The standard InChI is InChI=1S/C12H11Cl2N3O2/c1-6-3-10(16-17(6)2)12(19)15-7-4-8(13)11(18)9(14)5-7/h3-5,18H,1-2H3,(H,15,19). The lowest BCUT2D eigenvalue weighted by Crippen LogP contribution is -2.13. The van der Waals surface area contributed by atoms with Crippen molar-refractivity contribution in [3.05, 3.63) is 39.6 Å². The summed E-state index contributed by atoms with van der Waals surface area (Å²) in [4.78, 5) is 12.0. The van der Waals surface area contributed by atoms with Crippen molar-refractivity contribution in [3.8, 4) is 5.75 Å². The smallest absolute Gasteiger partial charge is 0.276 e. The van der Waals surface area contributed by atoms with E-state index in [1.165, 1.54) is 12.1 Å². The van der Waals surface area contributed by atoms with Crippen LogP contribution < -0.4 is 5.32 Å². The summed E-state index contributed by atoms with van der Waals surface area (Å²) in [7, 11) is 1.75. The highest BCUT2D eigenvalue weighted by Crippen LogP contribution is 2.34. The van der Waals surface area contributed by atoms with Crippen molar-refractivity contribution >= 4 is 34.8 Å². The van der Waals surface area contributed by atoms with Gasteiger partial charge >= 0.3 is 0 Å². The minimum atomic E-state index is -0.374. The molecule has 2 N–H and O–H groups in total. The van der Waals surface area contributed by atoms with E-state index in [1.807, 2.05) is 6.92 Å². The first-order chi connectivity index (χ1) is 8.88. The van der Waals surface area contributed by atoms with E-state index < -0.39 is 0 Å². The number of carbonyl (C=O) groups excluding carboxylic acids is 1. The predicted molar refractivity (Wildman–Crippen MR) is 74.0 cm³/mol. The molecule has 0 radical (unpaired) electrons. The molecule has 100 valence electrons. The second-order valence-corrected chi connectivity index (χ2v) is 4.85. The largest absolute Gasteiger partial charge is 0.505 e. The maximum atomic E-state index is 12.0. The van der Waals surface area contributed by atoms with Gasteiger partial charge in [0.05, 0.1) is 10.0 Å². The van der Waals surface area contributed by atoms with E-state index >= 15 is 0 Å². The average Bonchev–Trinajstić information content (AvgIpc) is 2.66. The summed E-state index contributed by atoms with van der Waals surface area (Å²) in [6, 6.07) is 4.49. The Kier molecular flexibility index (Phi) is 3.68. The molecule has 2 aromatic rings. The maximum absolute atomic E-state index is 12.0. The number of benzene rings is 1. The molecule has 1 aromatic heterocycles. The number of phenolic OH excluding ortho intramolecular Hbond substituents is 1. The first kappa shape index (κ1) is 13.7. The first-order valence-corrected chi connectivity index (χ1v) is 6.14. The Morgan fingerprint density at radius 2 is 1.89 bits per heavy atom. The number of hydrogen-bond donors (Lipinski definition) is 2. The molecule has 0 spiro atoms. The zero-order valence-corrected chi connectivity index (χ0v) is 11.7. The molecule has 19 heavy (non-hydrogen) atoms. The van der Waals surface area contributed by atoms with Crippen molar-refractivity contribution in [1.29, 1.82) is 0 Å². The Hall–Kier alpha value is -1.72. The zero-order valence-electron chi connectivity index (χ0n) is 10.2. The van der Waals surface area contributed by atoms with Gasteiger partial charge in [0.25, 0.3) is 5.91 Å². The Morgan fingerprint density at radius 3 is 2.37 bits per heavy atom. The van der Waals surface area contributed by atoms with Crippen LogP contribution in [0.4, 0.5) is 5.69 Å². The van der Waals surface area contributed by atoms with Crippen LogP contribution in [0.1, 0.15) is 16.2 Å². The molecule has 0 aliphatic carbocycles. The van der Waals surface area contributed by atoms with Crippen molar-refractivity contribution in [2.24, 2.45) is 7.05 Å². The first-order valence-electron chi connectivity index (χ1n) is 5.38. The Morgan fingerprint density at radius 1 is 1.32 bits per heavy atom. The monoisotopic (exact) mass is 299 g/mol. The molecule has 0 aliphatic heterocycles. The summed E-state index contributed by atoms with van der Waals surface area (Å²) in [6.45, 7) is 1.85. The maximum Gasteiger partial charge on any atom is 0.276 e. The quantitative estimate of drug-likeness (QED) is 0.838. The molecule has 0 aliphatic rings. The van der Waals surface area contributed by atoms with Crippen LogP contribution >= 0.6 is 23.2 Å². The number of aryl methyl sites for hydroxylation is 2. The fourth-order valence-electron chi connectivity index (χ4n) is 1.50. The minimum Gasteiger partial charge on any atom is -0.505 e. The molecule has 2 rings (SSSR count). The van der Waals surface area contributed by atoms with Gasteiger partial charge in [0.1, 0.15) is 0 Å². The molecule has 1 heterocycles. The molecule has 5 nitrogen and oxygen atoms in total. The fourth-order valence-corrected chi connectivity index (χ4v) is 1.99. The number of carbonyl (C=O) groups is 1. The Labute approximate surface area is 119 Å². The molecule has 0 bridgehead atoms. The molecule has 0 unspecified atom stereocenters. The van der Waals surface area contributed by atoms with Crippen LogP contribution in [0.15, 0.2) is 18.2 Å². The van der Waals surface area contributed by atoms with E-state index in [0.717, 1.165) is 5.69 Å². The number of nitrogens with one attached hydrogen (secondary N) is 1. The van der Waals surface area contributed by atoms with Gasteiger partial charge in [-0.25, -0.2) is 0 Å². The summed E-state index contributed by atoms with van der Waals surface area (Å²) in [5.41, 5.74) is 1.55. The number of halogens is 2. The highest BCUT2D eigenvalue weighted by atomic mass is 35.5. The molecule has 0 saturated carbocycles. The van der Waals surface area contributed by atoms with Crippen molar-refractivity contribution < 1.29 is 9.90 Å². The normalized spacial score (nSPS) is 10.5. The third kappa shape index (κ3) is 2.83. The second kappa shape index (κ2) is 5.11. The lowest BCUT2D eigenvalue weighted by molar-refractivity contribution is 0.102. The van der Waals surface area contributed by atoms with Crippen LogP contribution in [0.5, 0.6) is 5.75 Å². The minimum absolute atomic E-state index is 0.0694. The SMILES string of the molecule is Cc1cc(C(=O)Nc2cc(Cl)c(O)c(Cl)c2)nn1C. The van der Waals surface area contributed by atoms with E-state index in [-0.39, 0.29) is 21.7 Å². The van der Waals surface area contributed by atoms with Crippen LogP contribution in [0.25, 0.3) is 0 Å². The molecular formula is C12H11Cl2N3O2. The summed E-state index contributed by atoms with van der Waals surface area (Å²) in [6.07, 6.45) is 0. The van der Waals surface area contributed by atoms with E-state index in [4.69, 9.17) is 23.2 Å². The molecular weight excluding hydrogens is 289 g/mol. The van der Waals surface area contributed by atoms with E-state index in [1.54, 1.807) is 17.8 Å². The summed E-state index contributed by atoms with van der Waals surface area (Å²) in [5, 5.41) is 16.2. The van der Waals surface area contributed by atoms with Gasteiger partial charge in [-0.05, 0) is 25.1 Å². The molecule has 1 aromatic carbocycles. The number of rotatable bonds is 2. The molecule has 7 heteroatoms. The second-order valence-electron chi connectivity index (χ2n) is 4.04. The number of hydrogen-bond acceptors (Lipinski definition) is 3. The molecule has 0 atom stereocenters. The third-order valence-corrected chi connectivity index (χ3v) is 3.20. The van der Waals surface area contributed by atoms with Gasteiger partial charge in [-0.15, -0.1) is 0 Å². The van der Waals surface area contributed by atoms with Gasteiger partial charge in [-0.1, -0.05) is 23.2 Å². The lowest BCUT2D eigenvalue weighted by Gasteiger charge is -2.06. The molecule has 0 saturated heterocycles. The van der Waals surface area contributed by atoms with Gasteiger partial charge in [-0.2, -0.15) is 5.10 Å². The van der Waals surface area contributed by atoms with E-state index in [0.29, 0.717) is 11.4 Å².